The van der Waals surface area contributed by atoms with Crippen LogP contribution in [0.1, 0.15) is 48.2 Å². The maximum atomic E-state index is 12.7. The number of hydrogen-bond acceptors (Lipinski definition) is 4. The summed E-state index contributed by atoms with van der Waals surface area (Å²) in [5.74, 6) is 2.06. The largest absolute Gasteiger partial charge is 0.349 e. The van der Waals surface area contributed by atoms with Gasteiger partial charge in [-0.15, -0.1) is 0 Å². The first-order valence-corrected chi connectivity index (χ1v) is 8.77. The lowest BCUT2D eigenvalue weighted by molar-refractivity contribution is 0.0925. The molecular formula is C19H22N4O. The minimum Gasteiger partial charge on any atom is -0.349 e. The summed E-state index contributed by atoms with van der Waals surface area (Å²) in [6.45, 7) is 1.86. The van der Waals surface area contributed by atoms with Crippen molar-refractivity contribution in [2.75, 3.05) is 0 Å². The number of carbonyl (C=O) groups excluding carboxylic acids is 1. The van der Waals surface area contributed by atoms with Crippen LogP contribution in [-0.2, 0) is 0 Å². The van der Waals surface area contributed by atoms with E-state index >= 15 is 0 Å². The second kappa shape index (κ2) is 6.30. The predicted molar refractivity (Wildman–Crippen MR) is 91.3 cm³/mol. The van der Waals surface area contributed by atoms with Gasteiger partial charge in [-0.3, -0.25) is 9.78 Å². The molecule has 2 aromatic heterocycles. The van der Waals surface area contributed by atoms with Gasteiger partial charge in [0.1, 0.15) is 0 Å². The molecule has 2 aliphatic rings. The number of nitrogens with zero attached hydrogens (tertiary/aromatic N) is 3. The van der Waals surface area contributed by atoms with Gasteiger partial charge in [0.25, 0.3) is 5.91 Å². The molecule has 0 aromatic carbocycles. The Kier molecular flexibility index (Phi) is 4.00. The van der Waals surface area contributed by atoms with Crippen molar-refractivity contribution in [3.63, 3.8) is 0 Å². The molecular weight excluding hydrogens is 300 g/mol. The first-order valence-electron chi connectivity index (χ1n) is 8.77. The molecule has 2 heterocycles. The third-order valence-corrected chi connectivity index (χ3v) is 5.54. The molecule has 1 N–H and O–H groups in total. The van der Waals surface area contributed by atoms with Crippen molar-refractivity contribution in [2.24, 2.45) is 11.8 Å². The summed E-state index contributed by atoms with van der Waals surface area (Å²) in [5, 5.41) is 3.24. The summed E-state index contributed by atoms with van der Waals surface area (Å²) in [4.78, 5) is 25.6. The summed E-state index contributed by atoms with van der Waals surface area (Å²) in [6.07, 6.45) is 11.3. The van der Waals surface area contributed by atoms with Crippen LogP contribution in [-0.4, -0.2) is 26.9 Å². The Balaban J connectivity index is 1.50. The van der Waals surface area contributed by atoms with E-state index in [1.54, 1.807) is 18.6 Å². The van der Waals surface area contributed by atoms with Gasteiger partial charge in [-0.05, 0) is 50.2 Å². The normalized spacial score (nSPS) is 25.5. The Morgan fingerprint density at radius 2 is 2.12 bits per heavy atom. The Hall–Kier alpha value is -2.30. The van der Waals surface area contributed by atoms with E-state index in [4.69, 9.17) is 0 Å². The molecule has 124 valence electrons. The fourth-order valence-electron chi connectivity index (χ4n) is 4.31. The standard InChI is InChI=1S/C19H22N4O/c1-12-16(11-21-18(22-12)14-5-3-9-20-10-14)19(24)23-17-8-7-13-4-2-6-15(13)17/h3,5,9-11,13,15,17H,2,4,6-8H2,1H3,(H,23,24)/t13-,15-,17-/m1/s1. The van der Waals surface area contributed by atoms with Gasteiger partial charge < -0.3 is 5.32 Å². The van der Waals surface area contributed by atoms with Crippen molar-refractivity contribution >= 4 is 5.91 Å². The van der Waals surface area contributed by atoms with Crippen LogP contribution in [0.5, 0.6) is 0 Å². The summed E-state index contributed by atoms with van der Waals surface area (Å²) in [6, 6.07) is 4.09. The van der Waals surface area contributed by atoms with E-state index in [9.17, 15) is 4.79 Å². The summed E-state index contributed by atoms with van der Waals surface area (Å²) >= 11 is 0. The highest BCUT2D eigenvalue weighted by molar-refractivity contribution is 5.95. The van der Waals surface area contributed by atoms with Gasteiger partial charge in [-0.1, -0.05) is 12.8 Å². The molecule has 2 saturated carbocycles. The third-order valence-electron chi connectivity index (χ3n) is 5.54. The molecule has 24 heavy (non-hydrogen) atoms. The van der Waals surface area contributed by atoms with Crippen molar-refractivity contribution in [2.45, 2.75) is 45.1 Å². The average Bonchev–Trinajstić information content (AvgIpc) is 3.20. The Labute approximate surface area is 141 Å². The molecule has 5 heteroatoms. The fraction of sp³-hybridized carbons (Fsp3) is 0.474. The van der Waals surface area contributed by atoms with Gasteiger partial charge in [-0.25, -0.2) is 9.97 Å². The highest BCUT2D eigenvalue weighted by atomic mass is 16.1. The molecule has 0 spiro atoms. The fourth-order valence-corrected chi connectivity index (χ4v) is 4.31. The molecule has 1 amide bonds. The van der Waals surface area contributed by atoms with Gasteiger partial charge in [0.05, 0.1) is 11.3 Å². The topological polar surface area (TPSA) is 67.8 Å². The van der Waals surface area contributed by atoms with Crippen molar-refractivity contribution < 1.29 is 4.79 Å². The first kappa shape index (κ1) is 15.2. The smallest absolute Gasteiger partial charge is 0.254 e. The summed E-state index contributed by atoms with van der Waals surface area (Å²) in [5.41, 5.74) is 2.14. The second-order valence-corrected chi connectivity index (χ2v) is 6.95. The van der Waals surface area contributed by atoms with Crippen molar-refractivity contribution in [1.29, 1.82) is 0 Å². The number of aryl methyl sites for hydroxylation is 1. The zero-order chi connectivity index (χ0) is 16.5. The zero-order valence-corrected chi connectivity index (χ0v) is 13.9. The van der Waals surface area contributed by atoms with Crippen LogP contribution in [0.15, 0.2) is 30.7 Å². The number of fused-ring (bicyclic) bond motifs is 1. The van der Waals surface area contributed by atoms with Crippen LogP contribution in [0.2, 0.25) is 0 Å². The SMILES string of the molecule is Cc1nc(-c2cccnc2)ncc1C(=O)N[C@@H]1CC[C@H]2CCC[C@H]21. The van der Waals surface area contributed by atoms with Crippen molar-refractivity contribution in [3.8, 4) is 11.4 Å². The van der Waals surface area contributed by atoms with E-state index in [0.717, 1.165) is 17.9 Å². The highest BCUT2D eigenvalue weighted by Gasteiger charge is 2.39. The lowest BCUT2D eigenvalue weighted by Gasteiger charge is -2.20. The molecule has 2 aromatic rings. The van der Waals surface area contributed by atoms with Crippen LogP contribution in [0.25, 0.3) is 11.4 Å². The van der Waals surface area contributed by atoms with Gasteiger partial charge >= 0.3 is 0 Å². The lowest BCUT2D eigenvalue weighted by Crippen LogP contribution is -2.38. The van der Waals surface area contributed by atoms with Crippen LogP contribution >= 0.6 is 0 Å². The first-order chi connectivity index (χ1) is 11.7. The summed E-state index contributed by atoms with van der Waals surface area (Å²) in [7, 11) is 0. The second-order valence-electron chi connectivity index (χ2n) is 6.95. The molecule has 0 radical (unpaired) electrons. The number of aromatic nitrogens is 3. The predicted octanol–water partition coefficient (Wildman–Crippen LogP) is 3.16. The molecule has 0 saturated heterocycles. The Morgan fingerprint density at radius 1 is 1.21 bits per heavy atom. The van der Waals surface area contributed by atoms with Crippen molar-refractivity contribution in [1.82, 2.24) is 20.3 Å². The van der Waals surface area contributed by atoms with Crippen LogP contribution in [0.3, 0.4) is 0 Å². The molecule has 3 atom stereocenters. The van der Waals surface area contributed by atoms with E-state index in [0.29, 0.717) is 29.0 Å². The molecule has 4 rings (SSSR count). The quantitative estimate of drug-likeness (QED) is 0.942. The molecule has 0 aliphatic heterocycles. The van der Waals surface area contributed by atoms with Crippen LogP contribution in [0, 0.1) is 18.8 Å². The highest BCUT2D eigenvalue weighted by Crippen LogP contribution is 2.44. The summed E-state index contributed by atoms with van der Waals surface area (Å²) < 4.78 is 0. The van der Waals surface area contributed by atoms with Gasteiger partial charge in [0.2, 0.25) is 0 Å². The lowest BCUT2D eigenvalue weighted by atomic mass is 9.97. The third kappa shape index (κ3) is 2.79. The van der Waals surface area contributed by atoms with E-state index in [2.05, 4.69) is 20.3 Å². The monoisotopic (exact) mass is 322 g/mol. The maximum Gasteiger partial charge on any atom is 0.254 e. The number of amides is 1. The number of carbonyl (C=O) groups is 1. The van der Waals surface area contributed by atoms with Gasteiger partial charge in [-0.2, -0.15) is 0 Å². The van der Waals surface area contributed by atoms with Crippen molar-refractivity contribution in [3.05, 3.63) is 42.0 Å². The molecule has 5 nitrogen and oxygen atoms in total. The van der Waals surface area contributed by atoms with Crippen LogP contribution < -0.4 is 5.32 Å². The zero-order valence-electron chi connectivity index (χ0n) is 13.9. The maximum absolute atomic E-state index is 12.7. The molecule has 0 bridgehead atoms. The van der Waals surface area contributed by atoms with E-state index in [1.165, 1.54) is 25.7 Å². The van der Waals surface area contributed by atoms with Gasteiger partial charge in [0.15, 0.2) is 5.82 Å². The van der Waals surface area contributed by atoms with E-state index in [1.807, 2.05) is 19.1 Å². The Bertz CT molecular complexity index is 746. The molecule has 2 fully saturated rings. The van der Waals surface area contributed by atoms with Gasteiger partial charge in [0, 0.05) is 30.2 Å². The number of rotatable bonds is 3. The minimum absolute atomic E-state index is 0.0391. The molecule has 2 aliphatic carbocycles. The number of hydrogen-bond donors (Lipinski definition) is 1. The Morgan fingerprint density at radius 3 is 2.92 bits per heavy atom. The average molecular weight is 322 g/mol. The molecule has 0 unspecified atom stereocenters. The van der Waals surface area contributed by atoms with E-state index in [-0.39, 0.29) is 5.91 Å². The van der Waals surface area contributed by atoms with Crippen LogP contribution in [0.4, 0.5) is 0 Å². The number of nitrogens with one attached hydrogen (secondary N) is 1. The minimum atomic E-state index is -0.0391. The van der Waals surface area contributed by atoms with E-state index < -0.39 is 0 Å². The number of pyridine rings is 1.